The number of esters is 1. The molecule has 0 aromatic carbocycles. The standard InChI is InChI=1S/C14H21NO4/c1-5-18-13(16)11-6-7-12(15-10-11)19-9-8-14(2,3)17-4/h6-7,10H,5,8-9H2,1-4H3. The molecule has 5 heteroatoms. The van der Waals surface area contributed by atoms with E-state index in [0.717, 1.165) is 6.42 Å². The van der Waals surface area contributed by atoms with Gasteiger partial charge in [-0.15, -0.1) is 0 Å². The van der Waals surface area contributed by atoms with Gasteiger partial charge in [-0.1, -0.05) is 0 Å². The summed E-state index contributed by atoms with van der Waals surface area (Å²) in [5, 5.41) is 0. The van der Waals surface area contributed by atoms with E-state index in [4.69, 9.17) is 14.2 Å². The highest BCUT2D eigenvalue weighted by atomic mass is 16.5. The van der Waals surface area contributed by atoms with Crippen LogP contribution in [-0.2, 0) is 9.47 Å². The molecule has 106 valence electrons. The van der Waals surface area contributed by atoms with Crippen LogP contribution in [0.3, 0.4) is 0 Å². The number of hydrogen-bond acceptors (Lipinski definition) is 5. The molecule has 0 bridgehead atoms. The highest BCUT2D eigenvalue weighted by molar-refractivity contribution is 5.89. The van der Waals surface area contributed by atoms with Crippen LogP contribution < -0.4 is 4.74 Å². The molecule has 1 aromatic rings. The van der Waals surface area contributed by atoms with Gasteiger partial charge in [-0.25, -0.2) is 9.78 Å². The molecule has 0 unspecified atom stereocenters. The van der Waals surface area contributed by atoms with Crippen molar-refractivity contribution < 1.29 is 19.0 Å². The summed E-state index contributed by atoms with van der Waals surface area (Å²) >= 11 is 0. The van der Waals surface area contributed by atoms with E-state index < -0.39 is 0 Å². The van der Waals surface area contributed by atoms with Crippen LogP contribution in [-0.4, -0.2) is 36.9 Å². The Morgan fingerprint density at radius 3 is 2.63 bits per heavy atom. The summed E-state index contributed by atoms with van der Waals surface area (Å²) in [5.74, 6) is 0.113. The second-order valence-electron chi connectivity index (χ2n) is 4.67. The van der Waals surface area contributed by atoms with Gasteiger partial charge in [0.1, 0.15) is 0 Å². The molecular weight excluding hydrogens is 246 g/mol. The Morgan fingerprint density at radius 2 is 2.11 bits per heavy atom. The molecule has 0 fully saturated rings. The first-order valence-corrected chi connectivity index (χ1v) is 6.29. The first kappa shape index (κ1) is 15.4. The summed E-state index contributed by atoms with van der Waals surface area (Å²) in [6, 6.07) is 3.30. The van der Waals surface area contributed by atoms with Crippen molar-refractivity contribution in [2.45, 2.75) is 32.8 Å². The number of pyridine rings is 1. The van der Waals surface area contributed by atoms with Gasteiger partial charge in [0.25, 0.3) is 0 Å². The van der Waals surface area contributed by atoms with Crippen LogP contribution in [0.25, 0.3) is 0 Å². The number of hydrogen-bond donors (Lipinski definition) is 0. The van der Waals surface area contributed by atoms with Gasteiger partial charge in [-0.05, 0) is 26.8 Å². The quantitative estimate of drug-likeness (QED) is 0.710. The monoisotopic (exact) mass is 267 g/mol. The molecule has 1 aromatic heterocycles. The SMILES string of the molecule is CCOC(=O)c1ccc(OCCC(C)(C)OC)nc1. The summed E-state index contributed by atoms with van der Waals surface area (Å²) in [7, 11) is 1.67. The van der Waals surface area contributed by atoms with E-state index in [1.165, 1.54) is 6.20 Å². The molecule has 0 saturated carbocycles. The molecule has 1 rings (SSSR count). The molecule has 0 saturated heterocycles. The minimum atomic E-state index is -0.373. The van der Waals surface area contributed by atoms with E-state index in [-0.39, 0.29) is 11.6 Å². The third-order valence-corrected chi connectivity index (χ3v) is 2.75. The van der Waals surface area contributed by atoms with Crippen molar-refractivity contribution in [2.24, 2.45) is 0 Å². The van der Waals surface area contributed by atoms with Gasteiger partial charge in [-0.3, -0.25) is 0 Å². The van der Waals surface area contributed by atoms with E-state index in [2.05, 4.69) is 4.98 Å². The highest BCUT2D eigenvalue weighted by Crippen LogP contribution is 2.14. The summed E-state index contributed by atoms with van der Waals surface area (Å²) < 4.78 is 15.7. The van der Waals surface area contributed by atoms with Crippen LogP contribution in [0.15, 0.2) is 18.3 Å². The van der Waals surface area contributed by atoms with Crippen molar-refractivity contribution in [3.8, 4) is 5.88 Å². The molecule has 0 aliphatic heterocycles. The van der Waals surface area contributed by atoms with E-state index >= 15 is 0 Å². The number of methoxy groups -OCH3 is 1. The summed E-state index contributed by atoms with van der Waals surface area (Å²) in [4.78, 5) is 15.5. The van der Waals surface area contributed by atoms with Gasteiger partial charge >= 0.3 is 5.97 Å². The molecule has 0 amide bonds. The second-order valence-corrected chi connectivity index (χ2v) is 4.67. The van der Waals surface area contributed by atoms with E-state index in [9.17, 15) is 4.79 Å². The highest BCUT2D eigenvalue weighted by Gasteiger charge is 2.16. The fourth-order valence-corrected chi connectivity index (χ4v) is 1.30. The lowest BCUT2D eigenvalue weighted by atomic mass is 10.1. The van der Waals surface area contributed by atoms with Crippen molar-refractivity contribution in [3.05, 3.63) is 23.9 Å². The Morgan fingerprint density at radius 1 is 1.37 bits per heavy atom. The maximum Gasteiger partial charge on any atom is 0.339 e. The van der Waals surface area contributed by atoms with Crippen LogP contribution >= 0.6 is 0 Å². The molecule has 0 N–H and O–H groups in total. The van der Waals surface area contributed by atoms with E-state index in [0.29, 0.717) is 24.7 Å². The average Bonchev–Trinajstić information content (AvgIpc) is 2.39. The maximum absolute atomic E-state index is 11.4. The fraction of sp³-hybridized carbons (Fsp3) is 0.571. The summed E-state index contributed by atoms with van der Waals surface area (Å²) in [6.45, 7) is 6.61. The molecule has 0 atom stereocenters. The molecule has 5 nitrogen and oxygen atoms in total. The molecule has 19 heavy (non-hydrogen) atoms. The lowest BCUT2D eigenvalue weighted by molar-refractivity contribution is 0.00509. The smallest absolute Gasteiger partial charge is 0.339 e. The van der Waals surface area contributed by atoms with Crippen molar-refractivity contribution in [2.75, 3.05) is 20.3 Å². The Labute approximate surface area is 113 Å². The lowest BCUT2D eigenvalue weighted by Gasteiger charge is -2.22. The summed E-state index contributed by atoms with van der Waals surface area (Å²) in [6.07, 6.45) is 2.21. The van der Waals surface area contributed by atoms with Crippen molar-refractivity contribution in [1.29, 1.82) is 0 Å². The molecule has 0 radical (unpaired) electrons. The van der Waals surface area contributed by atoms with Crippen molar-refractivity contribution in [3.63, 3.8) is 0 Å². The van der Waals surface area contributed by atoms with E-state index in [1.807, 2.05) is 13.8 Å². The molecule has 0 spiro atoms. The fourth-order valence-electron chi connectivity index (χ4n) is 1.30. The minimum absolute atomic E-state index is 0.217. The molecule has 1 heterocycles. The van der Waals surface area contributed by atoms with Gasteiger partial charge in [-0.2, -0.15) is 0 Å². The van der Waals surface area contributed by atoms with Gasteiger partial charge < -0.3 is 14.2 Å². The number of rotatable bonds is 7. The number of nitrogens with zero attached hydrogens (tertiary/aromatic N) is 1. The number of aromatic nitrogens is 1. The molecular formula is C14H21NO4. The van der Waals surface area contributed by atoms with E-state index in [1.54, 1.807) is 26.2 Å². The second kappa shape index (κ2) is 7.09. The van der Waals surface area contributed by atoms with Gasteiger partial charge in [0, 0.05) is 25.8 Å². The first-order valence-electron chi connectivity index (χ1n) is 6.29. The van der Waals surface area contributed by atoms with Crippen molar-refractivity contribution >= 4 is 5.97 Å². The zero-order chi connectivity index (χ0) is 14.3. The molecule has 0 aliphatic rings. The van der Waals surface area contributed by atoms with Crippen LogP contribution in [0, 0.1) is 0 Å². The average molecular weight is 267 g/mol. The zero-order valence-electron chi connectivity index (χ0n) is 11.9. The zero-order valence-corrected chi connectivity index (χ0v) is 11.9. The Hall–Kier alpha value is -1.62. The largest absolute Gasteiger partial charge is 0.478 e. The Bertz CT molecular complexity index is 400. The van der Waals surface area contributed by atoms with Crippen LogP contribution in [0.5, 0.6) is 5.88 Å². The van der Waals surface area contributed by atoms with Gasteiger partial charge in [0.2, 0.25) is 5.88 Å². The minimum Gasteiger partial charge on any atom is -0.478 e. The number of ether oxygens (including phenoxy) is 3. The van der Waals surface area contributed by atoms with Crippen LogP contribution in [0.2, 0.25) is 0 Å². The molecule has 0 aliphatic carbocycles. The maximum atomic E-state index is 11.4. The topological polar surface area (TPSA) is 57.7 Å². The predicted octanol–water partition coefficient (Wildman–Crippen LogP) is 2.45. The third-order valence-electron chi connectivity index (χ3n) is 2.75. The van der Waals surface area contributed by atoms with Crippen molar-refractivity contribution in [1.82, 2.24) is 4.98 Å². The normalized spacial score (nSPS) is 11.2. The summed E-state index contributed by atoms with van der Waals surface area (Å²) in [5.41, 5.74) is 0.205. The number of carbonyl (C=O) groups is 1. The van der Waals surface area contributed by atoms with Gasteiger partial charge in [0.05, 0.1) is 24.4 Å². The van der Waals surface area contributed by atoms with Crippen LogP contribution in [0.4, 0.5) is 0 Å². The first-order chi connectivity index (χ1) is 8.98. The predicted molar refractivity (Wildman–Crippen MR) is 71.4 cm³/mol. The van der Waals surface area contributed by atoms with Gasteiger partial charge in [0.15, 0.2) is 0 Å². The Balaban J connectivity index is 2.47. The third kappa shape index (κ3) is 5.26. The lowest BCUT2D eigenvalue weighted by Crippen LogP contribution is -2.25. The Kier molecular flexibility index (Phi) is 5.76. The van der Waals surface area contributed by atoms with Crippen LogP contribution in [0.1, 0.15) is 37.6 Å². The number of carbonyl (C=O) groups excluding carboxylic acids is 1.